The van der Waals surface area contributed by atoms with Gasteiger partial charge < -0.3 is 23.8 Å². The van der Waals surface area contributed by atoms with Gasteiger partial charge in [0.05, 0.1) is 36.3 Å². The molecule has 0 N–H and O–H groups in total. The van der Waals surface area contributed by atoms with Crippen LogP contribution in [0, 0.1) is 33.6 Å². The number of benzene rings is 2. The Balaban J connectivity index is 0.000000202. The first-order valence-corrected chi connectivity index (χ1v) is 23.3. The van der Waals surface area contributed by atoms with Crippen LogP contribution >= 0.6 is 0 Å². The quantitative estimate of drug-likeness (QED) is 0.136. The molecule has 6 heterocycles. The van der Waals surface area contributed by atoms with Crippen LogP contribution in [0.2, 0.25) is 0 Å². The van der Waals surface area contributed by atoms with Crippen LogP contribution in [0.1, 0.15) is 120 Å². The van der Waals surface area contributed by atoms with Gasteiger partial charge in [0, 0.05) is 62.7 Å². The van der Waals surface area contributed by atoms with Gasteiger partial charge in [-0.15, -0.1) is 0 Å². The van der Waals surface area contributed by atoms with Gasteiger partial charge in [-0.25, -0.2) is 14.6 Å². The number of carbonyl (C=O) groups excluding carboxylic acids is 2. The minimum absolute atomic E-state index is 0.262. The number of cyclic esters (lactones) is 2. The van der Waals surface area contributed by atoms with E-state index in [-0.39, 0.29) is 6.54 Å². The van der Waals surface area contributed by atoms with Crippen molar-refractivity contribution < 1.29 is 54.9 Å². The van der Waals surface area contributed by atoms with Gasteiger partial charge in [0.15, 0.2) is 0 Å². The van der Waals surface area contributed by atoms with Crippen LogP contribution < -0.4 is 4.90 Å². The van der Waals surface area contributed by atoms with Crippen LogP contribution in [0.4, 0.5) is 41.7 Å². The highest BCUT2D eigenvalue weighted by molar-refractivity contribution is 5.72. The van der Waals surface area contributed by atoms with E-state index in [1.54, 1.807) is 35.8 Å². The third-order valence-electron chi connectivity index (χ3n) is 13.3. The molecule has 368 valence electrons. The first-order valence-electron chi connectivity index (χ1n) is 23.3. The largest absolute Gasteiger partial charge is 0.439 e. The summed E-state index contributed by atoms with van der Waals surface area (Å²) in [6.45, 7) is 17.1. The normalized spacial score (nSPS) is 21.7. The monoisotopic (exact) mass is 953 g/mol. The highest BCUT2D eigenvalue weighted by Gasteiger charge is 2.43. The second-order valence-corrected chi connectivity index (χ2v) is 18.6. The van der Waals surface area contributed by atoms with Crippen molar-refractivity contribution in [3.8, 4) is 0 Å². The highest BCUT2D eigenvalue weighted by atomic mass is 19.4. The second kappa shape index (κ2) is 21.1. The van der Waals surface area contributed by atoms with Crippen LogP contribution in [-0.4, -0.2) is 83.1 Å². The van der Waals surface area contributed by atoms with Gasteiger partial charge in [0.1, 0.15) is 18.0 Å². The first kappa shape index (κ1) is 50.5. The number of anilines is 1. The lowest BCUT2D eigenvalue weighted by atomic mass is 9.92. The fourth-order valence-electron chi connectivity index (χ4n) is 9.75. The van der Waals surface area contributed by atoms with E-state index < -0.39 is 60.0 Å². The number of carbonyl (C=O) groups is 2. The van der Waals surface area contributed by atoms with E-state index >= 15 is 0 Å². The maximum Gasteiger partial charge on any atom is 0.416 e. The molecule has 2 aromatic carbocycles. The van der Waals surface area contributed by atoms with Crippen molar-refractivity contribution in [2.45, 2.75) is 136 Å². The molecule has 4 aliphatic heterocycles. The molecule has 0 radical (unpaired) electrons. The number of amides is 2. The van der Waals surface area contributed by atoms with Gasteiger partial charge in [0.25, 0.3) is 0 Å². The van der Waals surface area contributed by atoms with Gasteiger partial charge in [-0.1, -0.05) is 29.3 Å². The number of pyridine rings is 2. The Labute approximate surface area is 394 Å². The molecular weight excluding hydrogens is 893 g/mol. The molecular formula is C51H61F6N5O6. The van der Waals surface area contributed by atoms with Crippen LogP contribution in [0.15, 0.2) is 60.9 Å². The molecule has 0 saturated carbocycles. The minimum atomic E-state index is -4.47. The van der Waals surface area contributed by atoms with Gasteiger partial charge in [-0.05, 0) is 145 Å². The molecule has 2 amide bonds. The molecule has 0 spiro atoms. The highest BCUT2D eigenvalue weighted by Crippen LogP contribution is 2.40. The van der Waals surface area contributed by atoms with Gasteiger partial charge in [0.2, 0.25) is 0 Å². The molecule has 0 bridgehead atoms. The molecule has 17 heteroatoms. The predicted molar refractivity (Wildman–Crippen MR) is 243 cm³/mol. The van der Waals surface area contributed by atoms with Crippen molar-refractivity contribution in [3.05, 3.63) is 122 Å². The third-order valence-corrected chi connectivity index (χ3v) is 13.3. The van der Waals surface area contributed by atoms with E-state index in [9.17, 15) is 35.9 Å². The number of alkyl halides is 6. The van der Waals surface area contributed by atoms with E-state index in [0.717, 1.165) is 110 Å². The van der Waals surface area contributed by atoms with Crippen LogP contribution in [0.5, 0.6) is 0 Å². The predicted octanol–water partition coefficient (Wildman–Crippen LogP) is 11.6. The van der Waals surface area contributed by atoms with Gasteiger partial charge in [-0.3, -0.25) is 14.8 Å². The summed E-state index contributed by atoms with van der Waals surface area (Å²) in [6.07, 6.45) is -3.32. The summed E-state index contributed by atoms with van der Waals surface area (Å²) in [5, 5.41) is 0. The fourth-order valence-corrected chi connectivity index (χ4v) is 9.75. The Hall–Kier alpha value is -5.42. The number of rotatable bonds is 11. The Morgan fingerprint density at radius 3 is 1.56 bits per heavy atom. The zero-order chi connectivity index (χ0) is 49.1. The lowest BCUT2D eigenvalue weighted by Crippen LogP contribution is -2.41. The topological polar surface area (TPSA) is 107 Å². The van der Waals surface area contributed by atoms with Crippen molar-refractivity contribution in [2.75, 3.05) is 37.9 Å². The van der Waals surface area contributed by atoms with Crippen LogP contribution in [-0.2, 0) is 50.8 Å². The Bertz CT molecular complexity index is 2420. The zero-order valence-corrected chi connectivity index (χ0v) is 39.7. The smallest absolute Gasteiger partial charge is 0.416 e. The molecule has 4 aliphatic rings. The van der Waals surface area contributed by atoms with E-state index in [0.29, 0.717) is 54.0 Å². The van der Waals surface area contributed by atoms with Gasteiger partial charge >= 0.3 is 24.5 Å². The summed E-state index contributed by atoms with van der Waals surface area (Å²) < 4.78 is 102. The number of aryl methyl sites for hydroxylation is 4. The van der Waals surface area contributed by atoms with Crippen molar-refractivity contribution in [2.24, 2.45) is 5.92 Å². The zero-order valence-electron chi connectivity index (χ0n) is 39.7. The maximum absolute atomic E-state index is 13.4. The molecule has 8 rings (SSSR count). The lowest BCUT2D eigenvalue weighted by molar-refractivity contribution is -0.138. The molecule has 68 heavy (non-hydrogen) atoms. The molecule has 4 fully saturated rings. The number of hydrogen-bond acceptors (Lipinski definition) is 9. The molecule has 11 nitrogen and oxygen atoms in total. The summed E-state index contributed by atoms with van der Waals surface area (Å²) in [5.41, 5.74) is 4.93. The fraction of sp³-hybridized carbons (Fsp3) is 0.529. The summed E-state index contributed by atoms with van der Waals surface area (Å²) in [7, 11) is 0. The van der Waals surface area contributed by atoms with Crippen LogP contribution in [0.25, 0.3) is 0 Å². The van der Waals surface area contributed by atoms with Crippen molar-refractivity contribution >= 4 is 18.0 Å². The summed E-state index contributed by atoms with van der Waals surface area (Å²) in [5.74, 6) is 1.31. The third kappa shape index (κ3) is 11.9. The lowest BCUT2D eigenvalue weighted by Gasteiger charge is -2.36. The second-order valence-electron chi connectivity index (χ2n) is 18.6. The SMILES string of the molecule is CCN(c1ncc(C)cc1CN1C(=O)O[C@H](c2cc(C)cc(C(F)(F)F)c2)[C@@H]1C)C1CCOCC1.Cc1cc([C@H]2OC(=O)N(Cc3cc(C)cnc3CC3CCOCC3)[C@H]2C)cc(C(F)(F)F)c1. The number of halogens is 6. The standard InChI is InChI=1S/C26H32F3N3O3.C25H29F3N2O3/c1-5-31(22-6-8-34-9-7-22)24-20(11-17(3)14-30-24)15-32-18(4)23(35-25(32)33)19-10-16(2)12-21(13-19)26(27,28)29;1-15-8-19(12-21(10-15)25(26,27)28)23-17(3)30(24(31)33-23)14-20-9-16(2)13-29-22(20)11-18-4-6-32-7-5-18/h10-14,18,22-23H,5-9,15H2,1-4H3;8-10,12-13,17-18,23H,4-7,11,14H2,1-3H3/t18-,23-;17-,23-/m00/s1. The van der Waals surface area contributed by atoms with Crippen LogP contribution in [0.3, 0.4) is 0 Å². The first-order chi connectivity index (χ1) is 32.2. The number of aromatic nitrogens is 2. The summed E-state index contributed by atoms with van der Waals surface area (Å²) in [6, 6.07) is 11.1. The Morgan fingerprint density at radius 2 is 1.07 bits per heavy atom. The van der Waals surface area contributed by atoms with Crippen molar-refractivity contribution in [1.82, 2.24) is 19.8 Å². The number of hydrogen-bond donors (Lipinski definition) is 0. The molecule has 4 aromatic rings. The average molecular weight is 954 g/mol. The Morgan fingerprint density at radius 1 is 0.618 bits per heavy atom. The van der Waals surface area contributed by atoms with E-state index in [1.807, 2.05) is 52.2 Å². The summed E-state index contributed by atoms with van der Waals surface area (Å²) >= 11 is 0. The molecule has 2 aromatic heterocycles. The Kier molecular flexibility index (Phi) is 15.6. The number of ether oxygens (including phenoxy) is 4. The summed E-state index contributed by atoms with van der Waals surface area (Å²) in [4.78, 5) is 40.5. The molecule has 4 atom stereocenters. The maximum atomic E-state index is 13.4. The van der Waals surface area contributed by atoms with E-state index in [4.69, 9.17) is 23.9 Å². The average Bonchev–Trinajstić information content (AvgIpc) is 3.73. The van der Waals surface area contributed by atoms with Gasteiger partial charge in [-0.2, -0.15) is 26.3 Å². The molecule has 0 aliphatic carbocycles. The molecule has 0 unspecified atom stereocenters. The van der Waals surface area contributed by atoms with Crippen molar-refractivity contribution in [1.29, 1.82) is 0 Å². The molecule has 4 saturated heterocycles. The van der Waals surface area contributed by atoms with E-state index in [2.05, 4.69) is 16.8 Å². The minimum Gasteiger partial charge on any atom is -0.439 e. The number of nitrogens with zero attached hydrogens (tertiary/aromatic N) is 5. The van der Waals surface area contributed by atoms with E-state index in [1.165, 1.54) is 0 Å². The van der Waals surface area contributed by atoms with Crippen molar-refractivity contribution in [3.63, 3.8) is 0 Å².